The van der Waals surface area contributed by atoms with E-state index in [1.165, 1.54) is 24.3 Å². The summed E-state index contributed by atoms with van der Waals surface area (Å²) in [5, 5.41) is 11.7. The van der Waals surface area contributed by atoms with E-state index in [2.05, 4.69) is 4.72 Å². The quantitative estimate of drug-likeness (QED) is 0.673. The SMILES string of the molecule is CC(=O)C1(C(=O)O)SC(c2cccs2)=CC1NS(=O)(=O)c1c(C)cccc1C. The third kappa shape index (κ3) is 3.43. The Balaban J connectivity index is 2.10. The van der Waals surface area contributed by atoms with Gasteiger partial charge in [-0.1, -0.05) is 36.0 Å². The number of carbonyl (C=O) groups excluding carboxylic acids is 1. The van der Waals surface area contributed by atoms with Gasteiger partial charge < -0.3 is 5.11 Å². The molecular weight excluding hydrogens is 418 g/mol. The normalized spacial score (nSPS) is 22.1. The molecule has 1 aliphatic heterocycles. The van der Waals surface area contributed by atoms with Gasteiger partial charge in [-0.25, -0.2) is 13.1 Å². The standard InChI is InChI=1S/C19H19NO5S3/c1-11-6-4-7-12(2)17(11)28(24,25)20-16-10-15(14-8-5-9-26-14)27-19(16,13(3)21)18(22)23/h4-10,16,20H,1-3H3,(H,22,23). The van der Waals surface area contributed by atoms with E-state index in [1.807, 2.05) is 11.4 Å². The van der Waals surface area contributed by atoms with Crippen molar-refractivity contribution in [2.24, 2.45) is 0 Å². The second-order valence-corrected chi connectivity index (χ2v) is 10.4. The van der Waals surface area contributed by atoms with Gasteiger partial charge in [0.1, 0.15) is 0 Å². The van der Waals surface area contributed by atoms with Crippen LogP contribution >= 0.6 is 23.1 Å². The van der Waals surface area contributed by atoms with Crippen molar-refractivity contribution in [3.8, 4) is 0 Å². The number of carboxylic acid groups (broad SMARTS) is 1. The van der Waals surface area contributed by atoms with Gasteiger partial charge in [0, 0.05) is 9.78 Å². The van der Waals surface area contributed by atoms with Crippen LogP contribution in [0.25, 0.3) is 4.91 Å². The van der Waals surface area contributed by atoms with Crippen molar-refractivity contribution in [1.82, 2.24) is 4.72 Å². The van der Waals surface area contributed by atoms with E-state index >= 15 is 0 Å². The van der Waals surface area contributed by atoms with Crippen LogP contribution in [-0.4, -0.2) is 36.1 Å². The molecule has 2 atom stereocenters. The minimum atomic E-state index is -4.06. The summed E-state index contributed by atoms with van der Waals surface area (Å²) in [5.41, 5.74) is 1.09. The lowest BCUT2D eigenvalue weighted by Crippen LogP contribution is -2.56. The zero-order chi connectivity index (χ0) is 20.7. The van der Waals surface area contributed by atoms with Crippen LogP contribution in [0, 0.1) is 13.8 Å². The molecule has 2 aromatic rings. The van der Waals surface area contributed by atoms with Crippen LogP contribution in [0.2, 0.25) is 0 Å². The molecule has 1 aromatic heterocycles. The van der Waals surface area contributed by atoms with Crippen molar-refractivity contribution in [3.05, 3.63) is 57.8 Å². The minimum Gasteiger partial charge on any atom is -0.480 e. The van der Waals surface area contributed by atoms with E-state index in [0.717, 1.165) is 16.6 Å². The van der Waals surface area contributed by atoms with Crippen molar-refractivity contribution in [1.29, 1.82) is 0 Å². The highest BCUT2D eigenvalue weighted by Gasteiger charge is 2.56. The first kappa shape index (κ1) is 20.8. The summed E-state index contributed by atoms with van der Waals surface area (Å²) in [5.74, 6) is -2.00. The van der Waals surface area contributed by atoms with Crippen molar-refractivity contribution < 1.29 is 23.1 Å². The number of sulfonamides is 1. The van der Waals surface area contributed by atoms with Crippen LogP contribution in [0.5, 0.6) is 0 Å². The molecule has 0 saturated heterocycles. The summed E-state index contributed by atoms with van der Waals surface area (Å²) in [6, 6.07) is 7.50. The number of ketones is 1. The molecule has 1 aromatic carbocycles. The van der Waals surface area contributed by atoms with E-state index in [4.69, 9.17) is 0 Å². The topological polar surface area (TPSA) is 101 Å². The maximum atomic E-state index is 13.1. The summed E-state index contributed by atoms with van der Waals surface area (Å²) in [7, 11) is -4.06. The number of thiophene rings is 1. The van der Waals surface area contributed by atoms with Crippen LogP contribution in [-0.2, 0) is 19.6 Å². The van der Waals surface area contributed by atoms with Gasteiger partial charge in [0.15, 0.2) is 10.5 Å². The Bertz CT molecular complexity index is 1040. The molecule has 28 heavy (non-hydrogen) atoms. The van der Waals surface area contributed by atoms with Crippen molar-refractivity contribution in [2.75, 3.05) is 0 Å². The Morgan fingerprint density at radius 1 is 1.14 bits per heavy atom. The highest BCUT2D eigenvalue weighted by molar-refractivity contribution is 8.11. The Labute approximate surface area is 171 Å². The number of rotatable bonds is 6. The monoisotopic (exact) mass is 437 g/mol. The number of nitrogens with one attached hydrogen (secondary N) is 1. The minimum absolute atomic E-state index is 0.0980. The predicted octanol–water partition coefficient (Wildman–Crippen LogP) is 3.21. The van der Waals surface area contributed by atoms with Gasteiger partial charge in [0.25, 0.3) is 0 Å². The molecule has 0 saturated carbocycles. The Morgan fingerprint density at radius 2 is 1.79 bits per heavy atom. The Hall–Kier alpha value is -1.94. The fraction of sp³-hybridized carbons (Fsp3) is 0.263. The molecule has 1 aliphatic rings. The van der Waals surface area contributed by atoms with E-state index in [-0.39, 0.29) is 4.90 Å². The molecule has 0 radical (unpaired) electrons. The van der Waals surface area contributed by atoms with Gasteiger partial charge in [-0.15, -0.1) is 11.3 Å². The van der Waals surface area contributed by atoms with Crippen molar-refractivity contribution in [3.63, 3.8) is 0 Å². The second kappa shape index (κ2) is 7.47. The fourth-order valence-corrected chi connectivity index (χ4v) is 7.15. The fourth-order valence-electron chi connectivity index (χ4n) is 3.28. The lowest BCUT2D eigenvalue weighted by Gasteiger charge is -2.28. The van der Waals surface area contributed by atoms with Gasteiger partial charge >= 0.3 is 5.97 Å². The first-order valence-electron chi connectivity index (χ1n) is 8.37. The van der Waals surface area contributed by atoms with E-state index in [9.17, 15) is 23.1 Å². The van der Waals surface area contributed by atoms with Gasteiger partial charge in [-0.2, -0.15) is 0 Å². The van der Waals surface area contributed by atoms with Crippen LogP contribution in [0.3, 0.4) is 0 Å². The van der Waals surface area contributed by atoms with Gasteiger partial charge in [0.2, 0.25) is 10.0 Å². The van der Waals surface area contributed by atoms with Crippen molar-refractivity contribution in [2.45, 2.75) is 36.5 Å². The first-order chi connectivity index (χ1) is 13.1. The van der Waals surface area contributed by atoms with Crippen molar-refractivity contribution >= 4 is 49.8 Å². The molecule has 2 unspecified atom stereocenters. The number of aliphatic carboxylic acids is 1. The molecule has 0 bridgehead atoms. The molecule has 148 valence electrons. The maximum absolute atomic E-state index is 13.1. The molecule has 0 aliphatic carbocycles. The highest BCUT2D eigenvalue weighted by atomic mass is 32.2. The molecular formula is C19H19NO5S3. The zero-order valence-corrected chi connectivity index (χ0v) is 17.9. The Kier molecular flexibility index (Phi) is 5.55. The molecule has 2 heterocycles. The highest BCUT2D eigenvalue weighted by Crippen LogP contribution is 2.49. The Morgan fingerprint density at radius 3 is 2.29 bits per heavy atom. The summed E-state index contributed by atoms with van der Waals surface area (Å²) in [6.07, 6.45) is 1.52. The number of benzene rings is 1. The number of Topliss-reactive ketones (excluding diaryl/α,β-unsaturated/α-hetero) is 1. The average Bonchev–Trinajstić information content (AvgIpc) is 3.21. The lowest BCUT2D eigenvalue weighted by molar-refractivity contribution is -0.143. The van der Waals surface area contributed by atoms with Gasteiger partial charge in [0.05, 0.1) is 10.9 Å². The smallest absolute Gasteiger partial charge is 0.329 e. The zero-order valence-electron chi connectivity index (χ0n) is 15.4. The number of aryl methyl sites for hydroxylation is 2. The number of hydrogen-bond donors (Lipinski definition) is 2. The van der Waals surface area contributed by atoms with Crippen LogP contribution < -0.4 is 4.72 Å². The third-order valence-corrected chi connectivity index (χ3v) is 8.98. The predicted molar refractivity (Wildman–Crippen MR) is 111 cm³/mol. The molecule has 0 amide bonds. The van der Waals surface area contributed by atoms with Crippen LogP contribution in [0.1, 0.15) is 22.9 Å². The summed E-state index contributed by atoms with van der Waals surface area (Å²) in [6.45, 7) is 4.52. The largest absolute Gasteiger partial charge is 0.480 e. The molecule has 9 heteroatoms. The van der Waals surface area contributed by atoms with Gasteiger partial charge in [-0.3, -0.25) is 9.59 Å². The molecule has 0 fully saturated rings. The third-order valence-electron chi connectivity index (χ3n) is 4.59. The number of carboxylic acids is 1. The summed E-state index contributed by atoms with van der Waals surface area (Å²) >= 11 is 2.28. The summed E-state index contributed by atoms with van der Waals surface area (Å²) in [4.78, 5) is 26.0. The number of thioether (sulfide) groups is 1. The average molecular weight is 438 g/mol. The lowest BCUT2D eigenvalue weighted by atomic mass is 9.95. The molecule has 6 nitrogen and oxygen atoms in total. The molecule has 3 rings (SSSR count). The van der Waals surface area contributed by atoms with Crippen LogP contribution in [0.15, 0.2) is 46.7 Å². The second-order valence-electron chi connectivity index (χ2n) is 6.53. The number of carbonyl (C=O) groups is 2. The van der Waals surface area contributed by atoms with E-state index < -0.39 is 32.6 Å². The molecule has 0 spiro atoms. The van der Waals surface area contributed by atoms with Gasteiger partial charge in [-0.05, 0) is 49.4 Å². The number of hydrogen-bond acceptors (Lipinski definition) is 6. The maximum Gasteiger partial charge on any atom is 0.329 e. The van der Waals surface area contributed by atoms with E-state index in [0.29, 0.717) is 16.0 Å². The first-order valence-corrected chi connectivity index (χ1v) is 11.5. The van der Waals surface area contributed by atoms with E-state index in [1.54, 1.807) is 38.1 Å². The van der Waals surface area contributed by atoms with Crippen LogP contribution in [0.4, 0.5) is 0 Å². The molecule has 2 N–H and O–H groups in total. The summed E-state index contributed by atoms with van der Waals surface area (Å²) < 4.78 is 26.7.